The predicted molar refractivity (Wildman–Crippen MR) is 56.8 cm³/mol. The maximum atomic E-state index is 11.5. The summed E-state index contributed by atoms with van der Waals surface area (Å²) in [6, 6.07) is 0. The van der Waals surface area contributed by atoms with Crippen molar-refractivity contribution >= 4 is 28.8 Å². The van der Waals surface area contributed by atoms with Crippen LogP contribution in [-0.2, 0) is 14.3 Å². The lowest BCUT2D eigenvalue weighted by Crippen LogP contribution is -2.38. The summed E-state index contributed by atoms with van der Waals surface area (Å²) >= 11 is 1.10. The molecular weight excluding hydrogens is 232 g/mol. The molecule has 2 aliphatic rings. The normalized spacial score (nSPS) is 22.1. The molecule has 0 aromatic carbocycles. The number of carbonyl (C=O) groups excluding carboxylic acids is 2. The molecule has 1 unspecified atom stereocenters. The van der Waals surface area contributed by atoms with Gasteiger partial charge in [0.05, 0.1) is 24.6 Å². The van der Waals surface area contributed by atoms with Crippen LogP contribution >= 0.6 is 11.8 Å². The molecule has 7 nitrogen and oxygen atoms in total. The van der Waals surface area contributed by atoms with Gasteiger partial charge < -0.3 is 10.1 Å². The van der Waals surface area contributed by atoms with E-state index in [4.69, 9.17) is 0 Å². The highest BCUT2D eigenvalue weighted by molar-refractivity contribution is 8.14. The minimum Gasteiger partial charge on any atom is -0.468 e. The number of hydrogen-bond acceptors (Lipinski definition) is 7. The number of aliphatic imine (C=N–C) groups is 1. The average Bonchev–Trinajstić information content (AvgIpc) is 2.74. The number of ether oxygens (including phenoxy) is 1. The molecule has 0 aromatic rings. The Balaban J connectivity index is 2.01. The SMILES string of the molecule is COC(=O)CSC1=NC2N=NC=C2C(=O)N1. The molecule has 84 valence electrons. The van der Waals surface area contributed by atoms with Gasteiger partial charge in [0, 0.05) is 0 Å². The van der Waals surface area contributed by atoms with E-state index < -0.39 is 6.17 Å². The zero-order valence-electron chi connectivity index (χ0n) is 8.34. The van der Waals surface area contributed by atoms with Crippen LogP contribution in [0.15, 0.2) is 27.0 Å². The van der Waals surface area contributed by atoms with Gasteiger partial charge in [0.2, 0.25) is 0 Å². The molecule has 0 saturated heterocycles. The molecule has 0 saturated carbocycles. The molecule has 0 spiro atoms. The van der Waals surface area contributed by atoms with Gasteiger partial charge >= 0.3 is 5.97 Å². The van der Waals surface area contributed by atoms with Crippen LogP contribution in [0.1, 0.15) is 0 Å². The van der Waals surface area contributed by atoms with Crippen molar-refractivity contribution in [1.29, 1.82) is 0 Å². The fourth-order valence-electron chi connectivity index (χ4n) is 1.13. The number of methoxy groups -OCH3 is 1. The number of rotatable bonds is 2. The summed E-state index contributed by atoms with van der Waals surface area (Å²) in [6.07, 6.45) is 0.819. The first-order valence-corrected chi connectivity index (χ1v) is 5.38. The molecule has 0 bridgehead atoms. The van der Waals surface area contributed by atoms with E-state index in [1.165, 1.54) is 13.3 Å². The minimum atomic E-state index is -0.561. The first-order valence-electron chi connectivity index (χ1n) is 4.39. The van der Waals surface area contributed by atoms with Crippen LogP contribution in [0.2, 0.25) is 0 Å². The van der Waals surface area contributed by atoms with Crippen molar-refractivity contribution in [3.63, 3.8) is 0 Å². The number of hydrogen-bond donors (Lipinski definition) is 1. The van der Waals surface area contributed by atoms with Crippen molar-refractivity contribution in [2.45, 2.75) is 6.17 Å². The summed E-state index contributed by atoms with van der Waals surface area (Å²) in [4.78, 5) is 26.5. The fourth-order valence-corrected chi connectivity index (χ4v) is 1.84. The van der Waals surface area contributed by atoms with E-state index in [1.807, 2.05) is 0 Å². The Morgan fingerprint density at radius 1 is 1.69 bits per heavy atom. The molecule has 1 N–H and O–H groups in total. The molecule has 1 amide bonds. The lowest BCUT2D eigenvalue weighted by Gasteiger charge is -2.16. The highest BCUT2D eigenvalue weighted by Crippen LogP contribution is 2.21. The van der Waals surface area contributed by atoms with Gasteiger partial charge in [-0.3, -0.25) is 9.59 Å². The Hall–Kier alpha value is -1.70. The molecule has 8 heteroatoms. The third-order valence-corrected chi connectivity index (χ3v) is 2.79. The number of nitrogens with one attached hydrogen (secondary N) is 1. The standard InChI is InChI=1S/C8H8N4O3S/c1-15-5(13)3-16-8-10-6-4(2-9-12-6)7(14)11-8/h2,6H,3H2,1H3,(H,10,11,14). The average molecular weight is 240 g/mol. The van der Waals surface area contributed by atoms with Crippen molar-refractivity contribution in [3.05, 3.63) is 11.8 Å². The highest BCUT2D eigenvalue weighted by Gasteiger charge is 2.29. The topological polar surface area (TPSA) is 92.5 Å². The quantitative estimate of drug-likeness (QED) is 0.690. The van der Waals surface area contributed by atoms with E-state index in [-0.39, 0.29) is 17.6 Å². The minimum absolute atomic E-state index is 0.0958. The number of carbonyl (C=O) groups is 2. The van der Waals surface area contributed by atoms with E-state index in [0.717, 1.165) is 11.8 Å². The molecule has 2 rings (SSSR count). The molecule has 2 heterocycles. The summed E-state index contributed by atoms with van der Waals surface area (Å²) in [5.41, 5.74) is 0.419. The van der Waals surface area contributed by atoms with Crippen molar-refractivity contribution in [2.75, 3.05) is 12.9 Å². The van der Waals surface area contributed by atoms with Crippen LogP contribution in [0, 0.1) is 0 Å². The first-order chi connectivity index (χ1) is 7.70. The molecule has 2 aliphatic heterocycles. The van der Waals surface area contributed by atoms with Gasteiger partial charge in [0.15, 0.2) is 11.3 Å². The van der Waals surface area contributed by atoms with Crippen molar-refractivity contribution in [1.82, 2.24) is 5.32 Å². The Bertz CT molecular complexity index is 429. The summed E-state index contributed by atoms with van der Waals surface area (Å²) < 4.78 is 4.47. The van der Waals surface area contributed by atoms with Crippen LogP contribution in [-0.4, -0.2) is 36.1 Å². The highest BCUT2D eigenvalue weighted by atomic mass is 32.2. The number of azo groups is 1. The van der Waals surface area contributed by atoms with Gasteiger partial charge in [0.25, 0.3) is 5.91 Å². The third-order valence-electron chi connectivity index (χ3n) is 1.93. The van der Waals surface area contributed by atoms with E-state index in [0.29, 0.717) is 10.7 Å². The molecule has 16 heavy (non-hydrogen) atoms. The van der Waals surface area contributed by atoms with Gasteiger partial charge in [0.1, 0.15) is 0 Å². The van der Waals surface area contributed by atoms with E-state index in [9.17, 15) is 9.59 Å². The van der Waals surface area contributed by atoms with Crippen molar-refractivity contribution in [3.8, 4) is 0 Å². The monoisotopic (exact) mass is 240 g/mol. The molecular formula is C8H8N4O3S. The van der Waals surface area contributed by atoms with Gasteiger partial charge in [-0.25, -0.2) is 4.99 Å². The summed E-state index contributed by atoms with van der Waals surface area (Å²) in [5.74, 6) is -0.563. The van der Waals surface area contributed by atoms with Gasteiger partial charge in [-0.15, -0.1) is 0 Å². The summed E-state index contributed by atoms with van der Waals surface area (Å²) in [5, 5.41) is 10.3. The fraction of sp³-hybridized carbons (Fsp3) is 0.375. The smallest absolute Gasteiger partial charge is 0.316 e. The Morgan fingerprint density at radius 3 is 3.25 bits per heavy atom. The second kappa shape index (κ2) is 4.44. The zero-order valence-corrected chi connectivity index (χ0v) is 9.15. The number of fused-ring (bicyclic) bond motifs is 1. The summed E-state index contributed by atoms with van der Waals surface area (Å²) in [6.45, 7) is 0. The number of amidine groups is 1. The molecule has 0 fully saturated rings. The molecule has 1 atom stereocenters. The number of thioether (sulfide) groups is 1. The van der Waals surface area contributed by atoms with Gasteiger partial charge in [-0.2, -0.15) is 10.2 Å². The van der Waals surface area contributed by atoms with Crippen LogP contribution in [0.4, 0.5) is 0 Å². The van der Waals surface area contributed by atoms with Crippen LogP contribution in [0.5, 0.6) is 0 Å². The van der Waals surface area contributed by atoms with E-state index >= 15 is 0 Å². The maximum Gasteiger partial charge on any atom is 0.316 e. The van der Waals surface area contributed by atoms with Crippen LogP contribution in [0.3, 0.4) is 0 Å². The van der Waals surface area contributed by atoms with Gasteiger partial charge in [-0.05, 0) is 0 Å². The second-order valence-electron chi connectivity index (χ2n) is 2.94. The van der Waals surface area contributed by atoms with Gasteiger partial charge in [-0.1, -0.05) is 11.8 Å². The van der Waals surface area contributed by atoms with Crippen LogP contribution in [0.25, 0.3) is 0 Å². The molecule has 0 aliphatic carbocycles. The largest absolute Gasteiger partial charge is 0.468 e. The maximum absolute atomic E-state index is 11.5. The summed E-state index contributed by atoms with van der Waals surface area (Å²) in [7, 11) is 1.30. The van der Waals surface area contributed by atoms with E-state index in [1.54, 1.807) is 0 Å². The number of amides is 1. The number of nitrogens with zero attached hydrogens (tertiary/aromatic N) is 3. The lowest BCUT2D eigenvalue weighted by atomic mass is 10.2. The second-order valence-corrected chi connectivity index (χ2v) is 3.91. The Kier molecular flexibility index (Phi) is 3.00. The Morgan fingerprint density at radius 2 is 2.50 bits per heavy atom. The Labute approximate surface area is 95.0 Å². The molecule has 0 radical (unpaired) electrons. The number of esters is 1. The lowest BCUT2D eigenvalue weighted by molar-refractivity contribution is -0.137. The van der Waals surface area contributed by atoms with Crippen molar-refractivity contribution in [2.24, 2.45) is 15.2 Å². The third kappa shape index (κ3) is 2.11. The van der Waals surface area contributed by atoms with Crippen molar-refractivity contribution < 1.29 is 14.3 Å². The molecule has 0 aromatic heterocycles. The zero-order chi connectivity index (χ0) is 11.5. The van der Waals surface area contributed by atoms with E-state index in [2.05, 4.69) is 25.3 Å². The predicted octanol–water partition coefficient (Wildman–Crippen LogP) is 0.0542. The van der Waals surface area contributed by atoms with Crippen LogP contribution < -0.4 is 5.32 Å². The first kappa shape index (κ1) is 10.8.